The third-order valence-corrected chi connectivity index (χ3v) is 2.44. The first kappa shape index (κ1) is 16.6. The van der Waals surface area contributed by atoms with Crippen LogP contribution in [0.2, 0.25) is 0 Å². The molecule has 0 aliphatic carbocycles. The zero-order valence-corrected chi connectivity index (χ0v) is 11.9. The van der Waals surface area contributed by atoms with Crippen LogP contribution in [0.4, 0.5) is 5.69 Å². The molecule has 0 spiro atoms. The number of nitrogens with zero attached hydrogens (tertiary/aromatic N) is 1. The van der Waals surface area contributed by atoms with Crippen LogP contribution in [0.25, 0.3) is 6.08 Å². The van der Waals surface area contributed by atoms with Crippen LogP contribution in [0.5, 0.6) is 5.75 Å². The van der Waals surface area contributed by atoms with Crippen LogP contribution in [0.15, 0.2) is 24.3 Å². The van der Waals surface area contributed by atoms with Gasteiger partial charge in [0.15, 0.2) is 0 Å². The molecule has 0 amide bonds. The zero-order valence-electron chi connectivity index (χ0n) is 11.9. The molecule has 0 radical (unpaired) electrons. The van der Waals surface area contributed by atoms with Crippen LogP contribution in [0, 0.1) is 10.1 Å². The summed E-state index contributed by atoms with van der Waals surface area (Å²) >= 11 is 0. The van der Waals surface area contributed by atoms with E-state index < -0.39 is 10.9 Å². The van der Waals surface area contributed by atoms with E-state index in [-0.39, 0.29) is 12.3 Å². The fraction of sp³-hybridized carbons (Fsp3) is 0.357. The summed E-state index contributed by atoms with van der Waals surface area (Å²) in [5.41, 5.74) is 0.151. The summed E-state index contributed by atoms with van der Waals surface area (Å²) < 4.78 is 14.9. The lowest BCUT2D eigenvalue weighted by atomic mass is 10.1. The Morgan fingerprint density at radius 3 is 2.76 bits per heavy atom. The van der Waals surface area contributed by atoms with E-state index in [9.17, 15) is 14.9 Å². The Labute approximate surface area is 122 Å². The number of nitro groups is 1. The van der Waals surface area contributed by atoms with E-state index in [1.54, 1.807) is 13.0 Å². The number of esters is 1. The predicted octanol–water partition coefficient (Wildman–Crippen LogP) is 2.20. The monoisotopic (exact) mass is 295 g/mol. The molecule has 7 heteroatoms. The fourth-order valence-electron chi connectivity index (χ4n) is 1.50. The Bertz CT molecular complexity index is 526. The van der Waals surface area contributed by atoms with E-state index in [1.807, 2.05) is 0 Å². The summed E-state index contributed by atoms with van der Waals surface area (Å²) in [5.74, 6) is -0.181. The van der Waals surface area contributed by atoms with E-state index in [0.717, 1.165) is 6.08 Å². The molecular formula is C14H17NO6. The molecule has 0 N–H and O–H groups in total. The van der Waals surface area contributed by atoms with Gasteiger partial charge in [-0.05, 0) is 25.1 Å². The van der Waals surface area contributed by atoms with E-state index in [1.165, 1.54) is 25.3 Å². The van der Waals surface area contributed by atoms with Crippen molar-refractivity contribution in [3.63, 3.8) is 0 Å². The number of carbonyl (C=O) groups is 1. The zero-order chi connectivity index (χ0) is 15.7. The van der Waals surface area contributed by atoms with Crippen LogP contribution in [-0.2, 0) is 14.3 Å². The molecule has 0 fully saturated rings. The lowest BCUT2D eigenvalue weighted by Gasteiger charge is -2.06. The number of hydrogen-bond acceptors (Lipinski definition) is 6. The summed E-state index contributed by atoms with van der Waals surface area (Å²) in [6.07, 6.45) is 2.49. The van der Waals surface area contributed by atoms with Gasteiger partial charge in [-0.15, -0.1) is 0 Å². The van der Waals surface area contributed by atoms with Gasteiger partial charge in [-0.25, -0.2) is 4.79 Å². The summed E-state index contributed by atoms with van der Waals surface area (Å²) in [4.78, 5) is 21.7. The van der Waals surface area contributed by atoms with Crippen LogP contribution in [0.1, 0.15) is 12.5 Å². The lowest BCUT2D eigenvalue weighted by molar-refractivity contribution is -0.385. The smallest absolute Gasteiger partial charge is 0.330 e. The Morgan fingerprint density at radius 1 is 1.38 bits per heavy atom. The number of benzene rings is 1. The molecule has 0 heterocycles. The van der Waals surface area contributed by atoms with Crippen molar-refractivity contribution in [2.45, 2.75) is 6.92 Å². The molecule has 114 valence electrons. The molecule has 0 aromatic heterocycles. The van der Waals surface area contributed by atoms with Crippen molar-refractivity contribution in [1.82, 2.24) is 0 Å². The first-order valence-corrected chi connectivity index (χ1v) is 6.33. The Balaban J connectivity index is 2.89. The van der Waals surface area contributed by atoms with Crippen LogP contribution < -0.4 is 4.74 Å². The molecule has 7 nitrogen and oxygen atoms in total. The average molecular weight is 295 g/mol. The third-order valence-electron chi connectivity index (χ3n) is 2.44. The molecule has 0 atom stereocenters. The van der Waals surface area contributed by atoms with Crippen molar-refractivity contribution < 1.29 is 23.9 Å². The summed E-state index contributed by atoms with van der Waals surface area (Å²) in [5, 5.41) is 11.0. The Morgan fingerprint density at radius 2 is 2.14 bits per heavy atom. The van der Waals surface area contributed by atoms with Crippen molar-refractivity contribution in [2.75, 3.05) is 26.9 Å². The summed E-state index contributed by atoms with van der Waals surface area (Å²) in [6.45, 7) is 2.61. The Kier molecular flexibility index (Phi) is 6.90. The van der Waals surface area contributed by atoms with E-state index in [4.69, 9.17) is 14.2 Å². The van der Waals surface area contributed by atoms with E-state index >= 15 is 0 Å². The highest BCUT2D eigenvalue weighted by molar-refractivity contribution is 5.88. The molecule has 0 aliphatic heterocycles. The van der Waals surface area contributed by atoms with Gasteiger partial charge in [0.1, 0.15) is 12.4 Å². The van der Waals surface area contributed by atoms with Gasteiger partial charge in [0, 0.05) is 13.2 Å². The minimum absolute atomic E-state index is 0.148. The second kappa shape index (κ2) is 8.70. The highest BCUT2D eigenvalue weighted by atomic mass is 16.6. The molecule has 0 bridgehead atoms. The van der Waals surface area contributed by atoms with Crippen LogP contribution in [0.3, 0.4) is 0 Å². The van der Waals surface area contributed by atoms with Crippen molar-refractivity contribution >= 4 is 17.7 Å². The highest BCUT2D eigenvalue weighted by Gasteiger charge is 2.13. The maximum atomic E-state index is 11.2. The molecule has 0 aliphatic rings. The van der Waals surface area contributed by atoms with Crippen molar-refractivity contribution in [3.05, 3.63) is 40.0 Å². The van der Waals surface area contributed by atoms with Crippen molar-refractivity contribution in [3.8, 4) is 5.75 Å². The molecule has 21 heavy (non-hydrogen) atoms. The normalized spacial score (nSPS) is 10.6. The van der Waals surface area contributed by atoms with Gasteiger partial charge in [-0.2, -0.15) is 0 Å². The third kappa shape index (κ3) is 5.62. The lowest BCUT2D eigenvalue weighted by Crippen LogP contribution is -2.04. The van der Waals surface area contributed by atoms with Gasteiger partial charge >= 0.3 is 5.97 Å². The van der Waals surface area contributed by atoms with Gasteiger partial charge in [-0.3, -0.25) is 10.1 Å². The molecule has 0 unspecified atom stereocenters. The van der Waals surface area contributed by atoms with Gasteiger partial charge in [0.2, 0.25) is 0 Å². The van der Waals surface area contributed by atoms with E-state index in [0.29, 0.717) is 24.5 Å². The maximum absolute atomic E-state index is 11.2. The first-order valence-electron chi connectivity index (χ1n) is 6.33. The van der Waals surface area contributed by atoms with Gasteiger partial charge < -0.3 is 14.2 Å². The molecule has 0 saturated heterocycles. The maximum Gasteiger partial charge on any atom is 0.330 e. The van der Waals surface area contributed by atoms with Crippen LogP contribution in [-0.4, -0.2) is 37.8 Å². The number of hydrogen-bond donors (Lipinski definition) is 0. The van der Waals surface area contributed by atoms with Crippen molar-refractivity contribution in [2.24, 2.45) is 0 Å². The quantitative estimate of drug-likeness (QED) is 0.240. The number of rotatable bonds is 8. The standard InChI is InChI=1S/C14H17NO6/c1-3-20-14(16)7-5-11-4-6-12(21-9-8-19-2)10-13(11)15(17)18/h4-7,10H,3,8-9H2,1-2H3. The van der Waals surface area contributed by atoms with Crippen molar-refractivity contribution in [1.29, 1.82) is 0 Å². The summed E-state index contributed by atoms with van der Waals surface area (Å²) in [7, 11) is 1.54. The number of nitro benzene ring substituents is 1. The number of methoxy groups -OCH3 is 1. The topological polar surface area (TPSA) is 87.9 Å². The van der Waals surface area contributed by atoms with Crippen LogP contribution >= 0.6 is 0 Å². The first-order chi connectivity index (χ1) is 10.1. The molecule has 1 aromatic carbocycles. The molecule has 1 rings (SSSR count). The predicted molar refractivity (Wildman–Crippen MR) is 76.1 cm³/mol. The molecule has 1 aromatic rings. The van der Waals surface area contributed by atoms with Gasteiger partial charge in [-0.1, -0.05) is 0 Å². The number of carbonyl (C=O) groups excluding carboxylic acids is 1. The molecular weight excluding hydrogens is 278 g/mol. The Hall–Kier alpha value is -2.41. The average Bonchev–Trinajstić information content (AvgIpc) is 2.46. The van der Waals surface area contributed by atoms with Gasteiger partial charge in [0.25, 0.3) is 5.69 Å². The minimum atomic E-state index is -0.549. The summed E-state index contributed by atoms with van der Waals surface area (Å²) in [6, 6.07) is 4.41. The minimum Gasteiger partial charge on any atom is -0.491 e. The highest BCUT2D eigenvalue weighted by Crippen LogP contribution is 2.25. The molecule has 0 saturated carbocycles. The second-order valence-corrected chi connectivity index (χ2v) is 3.90. The largest absolute Gasteiger partial charge is 0.491 e. The van der Waals surface area contributed by atoms with E-state index in [2.05, 4.69) is 0 Å². The van der Waals surface area contributed by atoms with Gasteiger partial charge in [0.05, 0.1) is 29.8 Å². The SMILES string of the molecule is CCOC(=O)C=Cc1ccc(OCCOC)cc1[N+](=O)[O-]. The fourth-order valence-corrected chi connectivity index (χ4v) is 1.50. The number of ether oxygens (including phenoxy) is 3. The second-order valence-electron chi connectivity index (χ2n) is 3.90.